The minimum Gasteiger partial charge on any atom is -0.366 e. The molecule has 1 aromatic heterocycles. The van der Waals surface area contributed by atoms with Gasteiger partial charge in [0.25, 0.3) is 5.91 Å². The van der Waals surface area contributed by atoms with E-state index in [1.165, 1.54) is 6.20 Å². The van der Waals surface area contributed by atoms with Crippen LogP contribution in [-0.2, 0) is 12.8 Å². The smallest absolute Gasteiger partial charge is 0.275 e. The SMILES string of the molecule is CCc1cccc(CC)c1NC(=O)c1cnc(NC(C)CC)cn1. The number of nitrogens with zero attached hydrogens (tertiary/aromatic N) is 2. The average Bonchev–Trinajstić information content (AvgIpc) is 2.62. The topological polar surface area (TPSA) is 66.9 Å². The lowest BCUT2D eigenvalue weighted by atomic mass is 10.0. The molecular weight excluding hydrogens is 300 g/mol. The molecule has 0 saturated heterocycles. The van der Waals surface area contributed by atoms with Crippen molar-refractivity contribution in [2.75, 3.05) is 10.6 Å². The van der Waals surface area contributed by atoms with Crippen molar-refractivity contribution < 1.29 is 4.79 Å². The van der Waals surface area contributed by atoms with Crippen molar-refractivity contribution in [2.24, 2.45) is 0 Å². The Kier molecular flexibility index (Phi) is 6.29. The Morgan fingerprint density at radius 3 is 2.25 bits per heavy atom. The van der Waals surface area contributed by atoms with Gasteiger partial charge in [-0.05, 0) is 37.3 Å². The van der Waals surface area contributed by atoms with Crippen LogP contribution in [0, 0.1) is 0 Å². The zero-order valence-corrected chi connectivity index (χ0v) is 14.9. The molecule has 5 nitrogen and oxygen atoms in total. The Balaban J connectivity index is 2.16. The lowest BCUT2D eigenvalue weighted by Gasteiger charge is -2.14. The molecule has 0 aliphatic carbocycles. The van der Waals surface area contributed by atoms with E-state index in [9.17, 15) is 4.79 Å². The van der Waals surface area contributed by atoms with Gasteiger partial charge < -0.3 is 10.6 Å². The van der Waals surface area contributed by atoms with Crippen molar-refractivity contribution in [3.8, 4) is 0 Å². The molecule has 0 fully saturated rings. The third kappa shape index (κ3) is 4.31. The number of carbonyl (C=O) groups is 1. The highest BCUT2D eigenvalue weighted by Crippen LogP contribution is 2.23. The number of amides is 1. The molecule has 1 heterocycles. The van der Waals surface area contributed by atoms with Gasteiger partial charge in [0.05, 0.1) is 12.4 Å². The summed E-state index contributed by atoms with van der Waals surface area (Å²) in [4.78, 5) is 21.0. The molecule has 0 bridgehead atoms. The number of para-hydroxylation sites is 1. The van der Waals surface area contributed by atoms with Crippen LogP contribution in [0.2, 0.25) is 0 Å². The van der Waals surface area contributed by atoms with Gasteiger partial charge in [0.15, 0.2) is 0 Å². The summed E-state index contributed by atoms with van der Waals surface area (Å²) < 4.78 is 0. The third-order valence-corrected chi connectivity index (χ3v) is 4.13. The molecular formula is C19H26N4O. The van der Waals surface area contributed by atoms with Crippen LogP contribution < -0.4 is 10.6 Å². The molecule has 0 aliphatic rings. The first kappa shape index (κ1) is 17.9. The number of hydrogen-bond acceptors (Lipinski definition) is 4. The molecule has 128 valence electrons. The number of aryl methyl sites for hydroxylation is 2. The Labute approximate surface area is 143 Å². The van der Waals surface area contributed by atoms with E-state index in [0.717, 1.165) is 36.1 Å². The molecule has 1 atom stereocenters. The predicted octanol–water partition coefficient (Wildman–Crippen LogP) is 4.06. The van der Waals surface area contributed by atoms with Gasteiger partial charge >= 0.3 is 0 Å². The minimum absolute atomic E-state index is 0.229. The molecule has 1 amide bonds. The summed E-state index contributed by atoms with van der Waals surface area (Å²) in [7, 11) is 0. The van der Waals surface area contributed by atoms with Crippen molar-refractivity contribution in [1.82, 2.24) is 9.97 Å². The van der Waals surface area contributed by atoms with Crippen molar-refractivity contribution in [3.63, 3.8) is 0 Å². The molecule has 1 unspecified atom stereocenters. The minimum atomic E-state index is -0.229. The molecule has 5 heteroatoms. The number of hydrogen-bond donors (Lipinski definition) is 2. The summed E-state index contributed by atoms with van der Waals surface area (Å²) in [5.41, 5.74) is 3.48. The number of carbonyl (C=O) groups excluding carboxylic acids is 1. The van der Waals surface area contributed by atoms with E-state index >= 15 is 0 Å². The molecule has 0 radical (unpaired) electrons. The number of anilines is 2. The molecule has 2 aromatic rings. The maximum absolute atomic E-state index is 12.5. The maximum Gasteiger partial charge on any atom is 0.275 e. The third-order valence-electron chi connectivity index (χ3n) is 4.13. The largest absolute Gasteiger partial charge is 0.366 e. The van der Waals surface area contributed by atoms with Gasteiger partial charge in [-0.1, -0.05) is 39.0 Å². The molecule has 0 saturated carbocycles. The van der Waals surface area contributed by atoms with Crippen LogP contribution in [0.5, 0.6) is 0 Å². The monoisotopic (exact) mass is 326 g/mol. The number of aromatic nitrogens is 2. The quantitative estimate of drug-likeness (QED) is 0.805. The van der Waals surface area contributed by atoms with Crippen LogP contribution in [-0.4, -0.2) is 21.9 Å². The predicted molar refractivity (Wildman–Crippen MR) is 98.6 cm³/mol. The molecule has 2 rings (SSSR count). The second-order valence-corrected chi connectivity index (χ2v) is 5.85. The van der Waals surface area contributed by atoms with Crippen LogP contribution in [0.25, 0.3) is 0 Å². The van der Waals surface area contributed by atoms with E-state index < -0.39 is 0 Å². The van der Waals surface area contributed by atoms with E-state index in [0.29, 0.717) is 17.6 Å². The van der Waals surface area contributed by atoms with Crippen molar-refractivity contribution >= 4 is 17.4 Å². The Bertz CT molecular complexity index is 660. The normalized spacial score (nSPS) is 11.8. The first-order chi connectivity index (χ1) is 11.6. The fraction of sp³-hybridized carbons (Fsp3) is 0.421. The standard InChI is InChI=1S/C19H26N4O/c1-5-13(4)22-17-12-20-16(11-21-17)19(24)23-18-14(6-2)9-8-10-15(18)7-3/h8-13H,5-7H2,1-4H3,(H,21,22)(H,23,24). The molecule has 0 spiro atoms. The zero-order valence-electron chi connectivity index (χ0n) is 14.9. The summed E-state index contributed by atoms with van der Waals surface area (Å²) in [5.74, 6) is 0.456. The zero-order chi connectivity index (χ0) is 17.5. The van der Waals surface area contributed by atoms with E-state index in [-0.39, 0.29) is 5.91 Å². The number of rotatable bonds is 7. The van der Waals surface area contributed by atoms with E-state index in [1.54, 1.807) is 6.20 Å². The van der Waals surface area contributed by atoms with Gasteiger partial charge in [-0.3, -0.25) is 4.79 Å². The highest BCUT2D eigenvalue weighted by atomic mass is 16.1. The van der Waals surface area contributed by atoms with Crippen molar-refractivity contribution in [2.45, 2.75) is 53.0 Å². The molecule has 2 N–H and O–H groups in total. The summed E-state index contributed by atoms with van der Waals surface area (Å²) in [6, 6.07) is 6.43. The summed E-state index contributed by atoms with van der Waals surface area (Å²) in [6.07, 6.45) is 5.85. The lowest BCUT2D eigenvalue weighted by molar-refractivity contribution is 0.102. The second kappa shape index (κ2) is 8.43. The first-order valence-corrected chi connectivity index (χ1v) is 8.59. The highest BCUT2D eigenvalue weighted by Gasteiger charge is 2.13. The van der Waals surface area contributed by atoms with Crippen LogP contribution in [0.3, 0.4) is 0 Å². The summed E-state index contributed by atoms with van der Waals surface area (Å²) >= 11 is 0. The fourth-order valence-electron chi connectivity index (χ4n) is 2.46. The lowest BCUT2D eigenvalue weighted by Crippen LogP contribution is -2.18. The molecule has 24 heavy (non-hydrogen) atoms. The maximum atomic E-state index is 12.5. The highest BCUT2D eigenvalue weighted by molar-refractivity contribution is 6.03. The van der Waals surface area contributed by atoms with Crippen molar-refractivity contribution in [3.05, 3.63) is 47.4 Å². The molecule has 0 aliphatic heterocycles. The van der Waals surface area contributed by atoms with Crippen LogP contribution in [0.15, 0.2) is 30.6 Å². The number of nitrogens with one attached hydrogen (secondary N) is 2. The van der Waals surface area contributed by atoms with Gasteiger partial charge in [0.1, 0.15) is 11.5 Å². The van der Waals surface area contributed by atoms with E-state index in [4.69, 9.17) is 0 Å². The average molecular weight is 326 g/mol. The van der Waals surface area contributed by atoms with Gasteiger partial charge in [0, 0.05) is 11.7 Å². The first-order valence-electron chi connectivity index (χ1n) is 8.59. The van der Waals surface area contributed by atoms with Gasteiger partial charge in [-0.2, -0.15) is 0 Å². The Hall–Kier alpha value is -2.43. The van der Waals surface area contributed by atoms with Gasteiger partial charge in [-0.25, -0.2) is 9.97 Å². The molecule has 1 aromatic carbocycles. The van der Waals surface area contributed by atoms with Crippen molar-refractivity contribution in [1.29, 1.82) is 0 Å². The van der Waals surface area contributed by atoms with E-state index in [1.807, 2.05) is 18.2 Å². The Morgan fingerprint density at radius 1 is 1.08 bits per heavy atom. The fourth-order valence-corrected chi connectivity index (χ4v) is 2.46. The summed E-state index contributed by atoms with van der Waals surface area (Å²) in [5, 5.41) is 6.25. The Morgan fingerprint density at radius 2 is 1.75 bits per heavy atom. The second-order valence-electron chi connectivity index (χ2n) is 5.85. The van der Waals surface area contributed by atoms with Crippen LogP contribution in [0.4, 0.5) is 11.5 Å². The van der Waals surface area contributed by atoms with Crippen LogP contribution in [0.1, 0.15) is 55.7 Å². The van der Waals surface area contributed by atoms with Gasteiger partial charge in [-0.15, -0.1) is 0 Å². The summed E-state index contributed by atoms with van der Waals surface area (Å²) in [6.45, 7) is 8.35. The van der Waals surface area contributed by atoms with Gasteiger partial charge in [0.2, 0.25) is 0 Å². The van der Waals surface area contributed by atoms with E-state index in [2.05, 4.69) is 48.3 Å². The number of benzene rings is 1. The van der Waals surface area contributed by atoms with Crippen LogP contribution >= 0.6 is 0 Å².